The van der Waals surface area contributed by atoms with E-state index < -0.39 is 0 Å². The van der Waals surface area contributed by atoms with E-state index in [2.05, 4.69) is 39.0 Å². The maximum atomic E-state index is 11.7. The number of carbonyl (C=O) groups is 2. The molecule has 0 N–H and O–H groups in total. The van der Waals surface area contributed by atoms with Crippen molar-refractivity contribution in [2.24, 2.45) is 0 Å². The first-order valence-electron chi connectivity index (χ1n) is 11.5. The van der Waals surface area contributed by atoms with Gasteiger partial charge in [-0.25, -0.2) is 9.59 Å². The summed E-state index contributed by atoms with van der Waals surface area (Å²) >= 11 is 0. The number of esters is 2. The number of hydrogen-bond donors (Lipinski definition) is 0. The Labute approximate surface area is 195 Å². The molecule has 0 aromatic rings. The largest absolute Gasteiger partial charge is 0.458 e. The Morgan fingerprint density at radius 3 is 1.78 bits per heavy atom. The van der Waals surface area contributed by atoms with Gasteiger partial charge in [0.1, 0.15) is 13.2 Å². The summed E-state index contributed by atoms with van der Waals surface area (Å²) in [5, 5.41) is 0. The van der Waals surface area contributed by atoms with E-state index in [1.807, 2.05) is 13.0 Å². The molecule has 0 amide bonds. The van der Waals surface area contributed by atoms with Gasteiger partial charge in [0.05, 0.1) is 0 Å². The Kier molecular flexibility index (Phi) is 17.5. The zero-order valence-corrected chi connectivity index (χ0v) is 20.9. The van der Waals surface area contributed by atoms with Gasteiger partial charge in [0, 0.05) is 12.2 Å². The number of ether oxygens (including phenoxy) is 2. The second kappa shape index (κ2) is 19.1. The van der Waals surface area contributed by atoms with Crippen LogP contribution in [0.3, 0.4) is 0 Å². The van der Waals surface area contributed by atoms with Gasteiger partial charge in [-0.15, -0.1) is 0 Å². The maximum absolute atomic E-state index is 11.7. The van der Waals surface area contributed by atoms with Gasteiger partial charge in [0.15, 0.2) is 0 Å². The van der Waals surface area contributed by atoms with Gasteiger partial charge in [0.2, 0.25) is 0 Å². The molecular weight excluding hydrogens is 400 g/mol. The smallest absolute Gasteiger partial charge is 0.330 e. The third-order valence-corrected chi connectivity index (χ3v) is 4.68. The quantitative estimate of drug-likeness (QED) is 0.151. The van der Waals surface area contributed by atoms with Gasteiger partial charge in [-0.05, 0) is 91.7 Å². The fourth-order valence-corrected chi connectivity index (χ4v) is 2.83. The number of allylic oxidation sites excluding steroid dienone is 8. The highest BCUT2D eigenvalue weighted by Gasteiger charge is 2.03. The Morgan fingerprint density at radius 1 is 0.656 bits per heavy atom. The number of hydrogen-bond acceptors (Lipinski definition) is 4. The third-order valence-electron chi connectivity index (χ3n) is 4.68. The van der Waals surface area contributed by atoms with Gasteiger partial charge in [-0.2, -0.15) is 0 Å². The standard InChI is InChI=1S/C28H42O4/c1-7-12-27(29)31-21-20-25(6)17-11-19-26(22-32-28(30)13-8-2)18-10-16-24(5)15-9-14-23(3)4/h7-8,12-14,16,19-20H,9-11,15,17-18,21-22H2,1-6H3/b12-7+,13-8+,24-16?,25-20?,26-19?. The highest BCUT2D eigenvalue weighted by molar-refractivity contribution is 5.82. The molecule has 0 saturated carbocycles. The van der Waals surface area contributed by atoms with Crippen molar-refractivity contribution in [1.29, 1.82) is 0 Å². The van der Waals surface area contributed by atoms with Crippen molar-refractivity contribution in [1.82, 2.24) is 0 Å². The summed E-state index contributed by atoms with van der Waals surface area (Å²) in [4.78, 5) is 23.0. The highest BCUT2D eigenvalue weighted by Crippen LogP contribution is 2.15. The molecule has 0 fully saturated rings. The van der Waals surface area contributed by atoms with Crippen LogP contribution in [0.5, 0.6) is 0 Å². The summed E-state index contributed by atoms with van der Waals surface area (Å²) in [6.45, 7) is 12.6. The van der Waals surface area contributed by atoms with E-state index in [9.17, 15) is 9.59 Å². The molecule has 4 heteroatoms. The van der Waals surface area contributed by atoms with Gasteiger partial charge in [0.25, 0.3) is 0 Å². The molecule has 0 radical (unpaired) electrons. The molecule has 0 aromatic heterocycles. The summed E-state index contributed by atoms with van der Waals surface area (Å²) < 4.78 is 10.5. The van der Waals surface area contributed by atoms with Crippen molar-refractivity contribution in [2.45, 2.75) is 80.1 Å². The first kappa shape index (κ1) is 29.4. The molecule has 0 unspecified atom stereocenters. The lowest BCUT2D eigenvalue weighted by molar-refractivity contribution is -0.137. The normalized spacial score (nSPS) is 13.0. The van der Waals surface area contributed by atoms with Crippen LogP contribution in [-0.4, -0.2) is 25.2 Å². The molecule has 0 rings (SSSR count). The van der Waals surface area contributed by atoms with Crippen LogP contribution in [-0.2, 0) is 19.1 Å². The fourth-order valence-electron chi connectivity index (χ4n) is 2.83. The lowest BCUT2D eigenvalue weighted by Gasteiger charge is -2.08. The van der Waals surface area contributed by atoms with E-state index in [0.717, 1.165) is 49.7 Å². The minimum Gasteiger partial charge on any atom is -0.458 e. The van der Waals surface area contributed by atoms with Crippen molar-refractivity contribution in [2.75, 3.05) is 13.2 Å². The molecule has 0 bridgehead atoms. The van der Waals surface area contributed by atoms with Gasteiger partial charge in [-0.3, -0.25) is 0 Å². The SMILES string of the molecule is C/C=C/C(=O)OCC=C(C)CCC=C(CCC=C(C)CCC=C(C)C)COC(=O)/C=C/C. The fraction of sp³-hybridized carbons (Fsp3) is 0.500. The van der Waals surface area contributed by atoms with Crippen LogP contribution in [0, 0.1) is 0 Å². The third kappa shape index (κ3) is 18.2. The molecule has 0 aromatic carbocycles. The summed E-state index contributed by atoms with van der Waals surface area (Å²) in [6.07, 6.45) is 20.5. The molecule has 0 aliphatic rings. The maximum Gasteiger partial charge on any atom is 0.330 e. The molecule has 0 aliphatic carbocycles. The van der Waals surface area contributed by atoms with Crippen molar-refractivity contribution in [3.63, 3.8) is 0 Å². The van der Waals surface area contributed by atoms with Gasteiger partial charge >= 0.3 is 11.9 Å². The van der Waals surface area contributed by atoms with Crippen molar-refractivity contribution in [3.05, 3.63) is 70.9 Å². The van der Waals surface area contributed by atoms with Crippen molar-refractivity contribution < 1.29 is 19.1 Å². The Hall–Kier alpha value is -2.62. The molecule has 32 heavy (non-hydrogen) atoms. The molecular formula is C28H42O4. The lowest BCUT2D eigenvalue weighted by atomic mass is 10.0. The van der Waals surface area contributed by atoms with E-state index >= 15 is 0 Å². The van der Waals surface area contributed by atoms with E-state index in [4.69, 9.17) is 9.47 Å². The van der Waals surface area contributed by atoms with Crippen LogP contribution >= 0.6 is 0 Å². The summed E-state index contributed by atoms with van der Waals surface area (Å²) in [7, 11) is 0. The zero-order valence-electron chi connectivity index (χ0n) is 20.9. The highest BCUT2D eigenvalue weighted by atomic mass is 16.5. The lowest BCUT2D eigenvalue weighted by Crippen LogP contribution is -2.05. The van der Waals surface area contributed by atoms with Crippen LogP contribution in [0.4, 0.5) is 0 Å². The Bertz CT molecular complexity index is 741. The second-order valence-corrected chi connectivity index (χ2v) is 8.10. The van der Waals surface area contributed by atoms with E-state index in [-0.39, 0.29) is 18.5 Å². The molecule has 0 atom stereocenters. The minimum absolute atomic E-state index is 0.281. The number of carbonyl (C=O) groups excluding carboxylic acids is 2. The predicted octanol–water partition coefficient (Wildman–Crippen LogP) is 7.35. The van der Waals surface area contributed by atoms with Crippen molar-refractivity contribution >= 4 is 11.9 Å². The average Bonchev–Trinajstić information content (AvgIpc) is 2.71. The molecule has 4 nitrogen and oxygen atoms in total. The molecule has 0 aliphatic heterocycles. The molecule has 0 heterocycles. The second-order valence-electron chi connectivity index (χ2n) is 8.10. The minimum atomic E-state index is -0.328. The topological polar surface area (TPSA) is 52.6 Å². The van der Waals surface area contributed by atoms with E-state index in [1.54, 1.807) is 26.0 Å². The van der Waals surface area contributed by atoms with Crippen LogP contribution < -0.4 is 0 Å². The van der Waals surface area contributed by atoms with E-state index in [1.165, 1.54) is 23.3 Å². The molecule has 178 valence electrons. The monoisotopic (exact) mass is 442 g/mol. The van der Waals surface area contributed by atoms with Crippen LogP contribution in [0.2, 0.25) is 0 Å². The van der Waals surface area contributed by atoms with Crippen LogP contribution in [0.25, 0.3) is 0 Å². The van der Waals surface area contributed by atoms with E-state index in [0.29, 0.717) is 6.61 Å². The summed E-state index contributed by atoms with van der Waals surface area (Å²) in [5.74, 6) is -0.642. The summed E-state index contributed by atoms with van der Waals surface area (Å²) in [5.41, 5.74) is 5.03. The van der Waals surface area contributed by atoms with Crippen molar-refractivity contribution in [3.8, 4) is 0 Å². The average molecular weight is 443 g/mol. The molecule has 0 saturated heterocycles. The summed E-state index contributed by atoms with van der Waals surface area (Å²) in [6, 6.07) is 0. The Morgan fingerprint density at radius 2 is 1.19 bits per heavy atom. The first-order chi connectivity index (χ1) is 15.3. The predicted molar refractivity (Wildman–Crippen MR) is 134 cm³/mol. The number of rotatable bonds is 15. The van der Waals surface area contributed by atoms with Crippen LogP contribution in [0.1, 0.15) is 80.1 Å². The van der Waals surface area contributed by atoms with Gasteiger partial charge in [-0.1, -0.05) is 47.1 Å². The Balaban J connectivity index is 4.75. The first-order valence-corrected chi connectivity index (χ1v) is 11.5. The van der Waals surface area contributed by atoms with Gasteiger partial charge < -0.3 is 9.47 Å². The zero-order chi connectivity index (χ0) is 24.2. The molecule has 0 spiro atoms. The van der Waals surface area contributed by atoms with Crippen LogP contribution in [0.15, 0.2) is 70.9 Å².